The van der Waals surface area contributed by atoms with Gasteiger partial charge in [0.1, 0.15) is 5.56 Å². The Labute approximate surface area is 159 Å². The highest BCUT2D eigenvalue weighted by atomic mass is 16.6. The molecule has 0 aromatic heterocycles. The molecule has 0 fully saturated rings. The number of hydrogen-bond acceptors (Lipinski definition) is 7. The maximum atomic E-state index is 11.5. The fourth-order valence-electron chi connectivity index (χ4n) is 3.56. The van der Waals surface area contributed by atoms with Gasteiger partial charge in [-0.25, -0.2) is 0 Å². The van der Waals surface area contributed by atoms with Crippen LogP contribution in [0.3, 0.4) is 0 Å². The van der Waals surface area contributed by atoms with Crippen LogP contribution in [-0.2, 0) is 5.41 Å². The molecule has 0 saturated carbocycles. The Kier molecular flexibility index (Phi) is 4.34. The van der Waals surface area contributed by atoms with E-state index in [0.29, 0.717) is 5.70 Å². The zero-order valence-electron chi connectivity index (χ0n) is 15.3. The molecular formula is C18H16N4O6. The van der Waals surface area contributed by atoms with E-state index in [1.165, 1.54) is 6.08 Å². The lowest BCUT2D eigenvalue weighted by atomic mass is 9.83. The molecular weight excluding hydrogens is 368 g/mol. The fraction of sp³-hybridized carbons (Fsp3) is 0.222. The molecule has 0 atom stereocenters. The number of para-hydroxylation sites is 1. The summed E-state index contributed by atoms with van der Waals surface area (Å²) in [5, 5.41) is 34.1. The third-order valence-corrected chi connectivity index (χ3v) is 4.95. The fourth-order valence-corrected chi connectivity index (χ4v) is 3.56. The molecule has 3 rings (SSSR count). The molecule has 2 aromatic rings. The Hall–Kier alpha value is -3.82. The predicted molar refractivity (Wildman–Crippen MR) is 102 cm³/mol. The number of nitrogens with zero attached hydrogens (tertiary/aromatic N) is 4. The number of rotatable bonds is 4. The van der Waals surface area contributed by atoms with Crippen LogP contribution in [0.25, 0.3) is 6.08 Å². The first-order valence-corrected chi connectivity index (χ1v) is 8.22. The van der Waals surface area contributed by atoms with Crippen molar-refractivity contribution in [3.63, 3.8) is 0 Å². The van der Waals surface area contributed by atoms with Gasteiger partial charge in [0, 0.05) is 23.8 Å². The number of hydrogen-bond donors (Lipinski definition) is 0. The molecule has 2 aromatic carbocycles. The SMILES string of the molecule is CN1C(=Cc2c([N+](=O)[O-])cc([N+](=O)[O-])cc2[N+](=O)[O-])C(C)(C)c2ccccc21. The van der Waals surface area contributed by atoms with Gasteiger partial charge in [-0.3, -0.25) is 30.3 Å². The molecule has 0 unspecified atom stereocenters. The maximum absolute atomic E-state index is 11.5. The Morgan fingerprint density at radius 3 is 1.93 bits per heavy atom. The molecule has 0 N–H and O–H groups in total. The molecule has 1 heterocycles. The lowest BCUT2D eigenvalue weighted by molar-refractivity contribution is -0.403. The molecule has 0 saturated heterocycles. The van der Waals surface area contributed by atoms with Crippen molar-refractivity contribution in [3.8, 4) is 0 Å². The van der Waals surface area contributed by atoms with E-state index in [0.717, 1.165) is 23.4 Å². The van der Waals surface area contributed by atoms with E-state index >= 15 is 0 Å². The number of likely N-dealkylation sites (N-methyl/N-ethyl adjacent to an activating group) is 1. The Balaban J connectivity index is 2.31. The van der Waals surface area contributed by atoms with E-state index in [-0.39, 0.29) is 5.56 Å². The summed E-state index contributed by atoms with van der Waals surface area (Å²) in [6.07, 6.45) is 1.37. The molecule has 28 heavy (non-hydrogen) atoms. The largest absolute Gasteiger partial charge is 0.347 e. The zero-order valence-corrected chi connectivity index (χ0v) is 15.3. The topological polar surface area (TPSA) is 133 Å². The van der Waals surface area contributed by atoms with Crippen molar-refractivity contribution in [1.82, 2.24) is 0 Å². The maximum Gasteiger partial charge on any atom is 0.290 e. The van der Waals surface area contributed by atoms with Gasteiger partial charge in [0.2, 0.25) is 0 Å². The summed E-state index contributed by atoms with van der Waals surface area (Å²) in [5.41, 5.74) is -0.474. The second-order valence-corrected chi connectivity index (χ2v) is 6.90. The molecule has 1 aliphatic rings. The minimum atomic E-state index is -0.890. The number of nitro groups is 3. The van der Waals surface area contributed by atoms with Crippen molar-refractivity contribution in [3.05, 3.63) is 83.6 Å². The van der Waals surface area contributed by atoms with Crippen molar-refractivity contribution in [2.24, 2.45) is 0 Å². The van der Waals surface area contributed by atoms with Gasteiger partial charge in [-0.2, -0.15) is 0 Å². The van der Waals surface area contributed by atoms with E-state index in [4.69, 9.17) is 0 Å². The predicted octanol–water partition coefficient (Wildman–Crippen LogP) is 4.18. The van der Waals surface area contributed by atoms with Crippen LogP contribution < -0.4 is 4.90 Å². The summed E-state index contributed by atoms with van der Waals surface area (Å²) in [6.45, 7) is 3.81. The van der Waals surface area contributed by atoms with Crippen LogP contribution in [0.5, 0.6) is 0 Å². The molecule has 0 amide bonds. The summed E-state index contributed by atoms with van der Waals surface area (Å²) in [7, 11) is 1.77. The molecule has 10 nitrogen and oxygen atoms in total. The van der Waals surface area contributed by atoms with Gasteiger partial charge in [0.15, 0.2) is 0 Å². The third-order valence-electron chi connectivity index (χ3n) is 4.95. The highest BCUT2D eigenvalue weighted by molar-refractivity contribution is 5.81. The van der Waals surface area contributed by atoms with Gasteiger partial charge in [-0.05, 0) is 17.7 Å². The van der Waals surface area contributed by atoms with Crippen LogP contribution in [0, 0.1) is 30.3 Å². The van der Waals surface area contributed by atoms with Crippen LogP contribution in [0.1, 0.15) is 25.0 Å². The zero-order chi connectivity index (χ0) is 20.8. The number of non-ortho nitro benzene ring substituents is 1. The number of benzene rings is 2. The summed E-state index contributed by atoms with van der Waals surface area (Å²) in [4.78, 5) is 33.3. The third kappa shape index (κ3) is 2.84. The Morgan fingerprint density at radius 2 is 1.46 bits per heavy atom. The van der Waals surface area contributed by atoms with Crippen LogP contribution in [0.2, 0.25) is 0 Å². The second kappa shape index (κ2) is 6.41. The molecule has 0 spiro atoms. The van der Waals surface area contributed by atoms with Gasteiger partial charge in [0.05, 0.1) is 26.9 Å². The Bertz CT molecular complexity index is 1020. The highest BCUT2D eigenvalue weighted by Crippen LogP contribution is 2.48. The number of allylic oxidation sites excluding steroid dienone is 1. The lowest BCUT2D eigenvalue weighted by Gasteiger charge is -2.24. The molecule has 0 bridgehead atoms. The van der Waals surface area contributed by atoms with Crippen molar-refractivity contribution < 1.29 is 14.8 Å². The van der Waals surface area contributed by atoms with Gasteiger partial charge >= 0.3 is 0 Å². The molecule has 10 heteroatoms. The minimum absolute atomic E-state index is 0.275. The second-order valence-electron chi connectivity index (χ2n) is 6.90. The summed E-state index contributed by atoms with van der Waals surface area (Å²) in [5.74, 6) is 0. The standard InChI is InChI=1S/C18H16N4O6/c1-18(2)13-6-4-5-7-14(13)19(3)17(18)10-12-15(21(25)26)8-11(20(23)24)9-16(12)22(27)28/h4-10H,1-3H3. The average Bonchev–Trinajstić information content (AvgIpc) is 2.82. The van der Waals surface area contributed by atoms with Crippen LogP contribution in [-0.4, -0.2) is 21.8 Å². The van der Waals surface area contributed by atoms with Gasteiger partial charge in [-0.1, -0.05) is 32.0 Å². The lowest BCUT2D eigenvalue weighted by Crippen LogP contribution is -2.22. The van der Waals surface area contributed by atoms with Crippen molar-refractivity contribution in [2.75, 3.05) is 11.9 Å². The summed E-state index contributed by atoms with van der Waals surface area (Å²) >= 11 is 0. The first kappa shape index (κ1) is 19.0. The summed E-state index contributed by atoms with van der Waals surface area (Å²) < 4.78 is 0. The first-order valence-electron chi connectivity index (χ1n) is 8.22. The quantitative estimate of drug-likeness (QED) is 0.570. The highest BCUT2D eigenvalue weighted by Gasteiger charge is 2.40. The average molecular weight is 384 g/mol. The van der Waals surface area contributed by atoms with Crippen molar-refractivity contribution >= 4 is 28.8 Å². The van der Waals surface area contributed by atoms with Crippen molar-refractivity contribution in [1.29, 1.82) is 0 Å². The monoisotopic (exact) mass is 384 g/mol. The molecule has 144 valence electrons. The van der Waals surface area contributed by atoms with Crippen LogP contribution >= 0.6 is 0 Å². The van der Waals surface area contributed by atoms with E-state index in [9.17, 15) is 30.3 Å². The van der Waals surface area contributed by atoms with E-state index in [2.05, 4.69) is 0 Å². The smallest absolute Gasteiger partial charge is 0.290 e. The molecule has 0 radical (unpaired) electrons. The van der Waals surface area contributed by atoms with E-state index < -0.39 is 37.2 Å². The van der Waals surface area contributed by atoms with Gasteiger partial charge < -0.3 is 4.90 Å². The van der Waals surface area contributed by atoms with Crippen molar-refractivity contribution in [2.45, 2.75) is 19.3 Å². The summed E-state index contributed by atoms with van der Waals surface area (Å²) in [6, 6.07) is 9.02. The van der Waals surface area contributed by atoms with Gasteiger partial charge in [-0.15, -0.1) is 0 Å². The number of nitro benzene ring substituents is 3. The van der Waals surface area contributed by atoms with E-state index in [1.54, 1.807) is 7.05 Å². The number of fused-ring (bicyclic) bond motifs is 1. The van der Waals surface area contributed by atoms with Crippen LogP contribution in [0.4, 0.5) is 22.7 Å². The normalized spacial score (nSPS) is 16.1. The molecule has 0 aliphatic carbocycles. The number of anilines is 1. The van der Waals surface area contributed by atoms with Gasteiger partial charge in [0.25, 0.3) is 17.1 Å². The minimum Gasteiger partial charge on any atom is -0.347 e. The van der Waals surface area contributed by atoms with Crippen LogP contribution in [0.15, 0.2) is 42.1 Å². The Morgan fingerprint density at radius 1 is 0.929 bits per heavy atom. The van der Waals surface area contributed by atoms with E-state index in [1.807, 2.05) is 43.0 Å². The first-order chi connectivity index (χ1) is 13.1. The molecule has 1 aliphatic heterocycles.